The molecule has 0 heterocycles. The Kier molecular flexibility index (Phi) is 4.65. The van der Waals surface area contributed by atoms with E-state index in [2.05, 4.69) is 24.3 Å². The van der Waals surface area contributed by atoms with Crippen molar-refractivity contribution < 1.29 is 4.79 Å². The van der Waals surface area contributed by atoms with E-state index in [1.54, 1.807) is 18.2 Å². The van der Waals surface area contributed by atoms with Crippen LogP contribution in [0.4, 0.5) is 5.69 Å². The fraction of sp³-hybridized carbons (Fsp3) is 0.562. The van der Waals surface area contributed by atoms with Gasteiger partial charge in [-0.05, 0) is 45.1 Å². The van der Waals surface area contributed by atoms with Crippen molar-refractivity contribution >= 4 is 11.6 Å². The molecule has 110 valence electrons. The lowest BCUT2D eigenvalue weighted by Gasteiger charge is -2.43. The highest BCUT2D eigenvalue weighted by Gasteiger charge is 2.34. The first-order valence-electron chi connectivity index (χ1n) is 7.35. The fourth-order valence-electron chi connectivity index (χ4n) is 3.02. The second-order valence-electron chi connectivity index (χ2n) is 5.99. The van der Waals surface area contributed by atoms with Crippen LogP contribution in [0.3, 0.4) is 0 Å². The van der Waals surface area contributed by atoms with Crippen LogP contribution in [0, 0.1) is 0 Å². The van der Waals surface area contributed by atoms with E-state index in [-0.39, 0.29) is 11.4 Å². The van der Waals surface area contributed by atoms with Crippen LogP contribution in [0.25, 0.3) is 0 Å². The summed E-state index contributed by atoms with van der Waals surface area (Å²) >= 11 is 0. The maximum atomic E-state index is 12.2. The van der Waals surface area contributed by atoms with Gasteiger partial charge in [0.05, 0.1) is 0 Å². The Bertz CT molecular complexity index is 465. The molecule has 3 N–H and O–H groups in total. The van der Waals surface area contributed by atoms with Crippen LogP contribution in [-0.4, -0.2) is 37.0 Å². The molecule has 0 unspecified atom stereocenters. The predicted octanol–water partition coefficient (Wildman–Crippen LogP) is 2.26. The van der Waals surface area contributed by atoms with E-state index < -0.39 is 0 Å². The number of carbonyl (C=O) groups excluding carboxylic acids is 1. The summed E-state index contributed by atoms with van der Waals surface area (Å²) in [5.41, 5.74) is 7.08. The average Bonchev–Trinajstić information content (AvgIpc) is 2.45. The van der Waals surface area contributed by atoms with Gasteiger partial charge in [0.15, 0.2) is 0 Å². The van der Waals surface area contributed by atoms with E-state index in [1.165, 1.54) is 19.3 Å². The molecule has 1 aromatic rings. The van der Waals surface area contributed by atoms with E-state index >= 15 is 0 Å². The summed E-state index contributed by atoms with van der Waals surface area (Å²) < 4.78 is 0. The van der Waals surface area contributed by atoms with E-state index in [0.717, 1.165) is 12.8 Å². The van der Waals surface area contributed by atoms with Gasteiger partial charge in [-0.15, -0.1) is 0 Å². The van der Waals surface area contributed by atoms with Crippen molar-refractivity contribution in [2.24, 2.45) is 0 Å². The molecule has 1 saturated carbocycles. The topological polar surface area (TPSA) is 58.4 Å². The van der Waals surface area contributed by atoms with Gasteiger partial charge >= 0.3 is 0 Å². The molecule has 0 bridgehead atoms. The van der Waals surface area contributed by atoms with Gasteiger partial charge in [-0.2, -0.15) is 0 Å². The Hall–Kier alpha value is -1.55. The zero-order valence-electron chi connectivity index (χ0n) is 12.5. The van der Waals surface area contributed by atoms with Crippen LogP contribution in [0.1, 0.15) is 42.5 Å². The lowest BCUT2D eigenvalue weighted by Crippen LogP contribution is -2.53. The molecule has 1 aliphatic rings. The summed E-state index contributed by atoms with van der Waals surface area (Å²) in [4.78, 5) is 14.5. The summed E-state index contributed by atoms with van der Waals surface area (Å²) in [5.74, 6) is -0.0379. The highest BCUT2D eigenvalue weighted by Crippen LogP contribution is 2.31. The quantitative estimate of drug-likeness (QED) is 0.829. The van der Waals surface area contributed by atoms with Crippen molar-refractivity contribution in [3.63, 3.8) is 0 Å². The fourth-order valence-corrected chi connectivity index (χ4v) is 3.02. The van der Waals surface area contributed by atoms with Crippen LogP contribution in [0.15, 0.2) is 24.3 Å². The molecule has 0 saturated heterocycles. The second-order valence-corrected chi connectivity index (χ2v) is 5.99. The minimum Gasteiger partial charge on any atom is -0.399 e. The Morgan fingerprint density at radius 1 is 1.30 bits per heavy atom. The summed E-state index contributed by atoms with van der Waals surface area (Å²) in [6.45, 7) is 0.702. The molecule has 0 aromatic heterocycles. The standard InChI is InChI=1S/C16H25N3O/c1-19(2)16(9-4-3-5-10-16)12-18-15(20)13-7-6-8-14(17)11-13/h6-8,11H,3-5,9-10,12,17H2,1-2H3,(H,18,20). The van der Waals surface area contributed by atoms with Gasteiger partial charge in [0, 0.05) is 23.3 Å². The van der Waals surface area contributed by atoms with Crippen molar-refractivity contribution in [3.05, 3.63) is 29.8 Å². The Labute approximate surface area is 121 Å². The number of carbonyl (C=O) groups is 1. The number of likely N-dealkylation sites (N-methyl/N-ethyl adjacent to an activating group) is 1. The highest BCUT2D eigenvalue weighted by molar-refractivity contribution is 5.95. The van der Waals surface area contributed by atoms with Crippen LogP contribution in [0.2, 0.25) is 0 Å². The number of hydrogen-bond donors (Lipinski definition) is 2. The van der Waals surface area contributed by atoms with E-state index in [9.17, 15) is 4.79 Å². The number of nitrogens with one attached hydrogen (secondary N) is 1. The second kappa shape index (κ2) is 6.27. The molecule has 0 spiro atoms. The number of nitrogen functional groups attached to an aromatic ring is 1. The summed E-state index contributed by atoms with van der Waals surface area (Å²) in [5, 5.41) is 3.08. The first-order chi connectivity index (χ1) is 9.53. The molecule has 1 fully saturated rings. The van der Waals surface area contributed by atoms with Crippen molar-refractivity contribution in [1.29, 1.82) is 0 Å². The average molecular weight is 275 g/mol. The summed E-state index contributed by atoms with van der Waals surface area (Å²) in [7, 11) is 4.22. The monoisotopic (exact) mass is 275 g/mol. The van der Waals surface area contributed by atoms with Gasteiger partial charge in [-0.1, -0.05) is 25.3 Å². The zero-order chi connectivity index (χ0) is 14.6. The minimum atomic E-state index is -0.0379. The minimum absolute atomic E-state index is 0.0379. The molecule has 2 rings (SSSR count). The number of amides is 1. The smallest absolute Gasteiger partial charge is 0.251 e. The van der Waals surface area contributed by atoms with E-state index in [4.69, 9.17) is 5.73 Å². The maximum Gasteiger partial charge on any atom is 0.251 e. The van der Waals surface area contributed by atoms with Gasteiger partial charge in [-0.25, -0.2) is 0 Å². The van der Waals surface area contributed by atoms with Gasteiger partial charge in [0.25, 0.3) is 5.91 Å². The lowest BCUT2D eigenvalue weighted by molar-refractivity contribution is 0.0799. The maximum absolute atomic E-state index is 12.2. The van der Waals surface area contributed by atoms with Crippen molar-refractivity contribution in [3.8, 4) is 0 Å². The first-order valence-corrected chi connectivity index (χ1v) is 7.35. The van der Waals surface area contributed by atoms with Crippen LogP contribution in [0.5, 0.6) is 0 Å². The molecule has 0 atom stereocenters. The normalized spacial score (nSPS) is 17.9. The van der Waals surface area contributed by atoms with Crippen LogP contribution < -0.4 is 11.1 Å². The van der Waals surface area contributed by atoms with Gasteiger partial charge in [-0.3, -0.25) is 4.79 Å². The number of rotatable bonds is 4. The largest absolute Gasteiger partial charge is 0.399 e. The first kappa shape index (κ1) is 14.9. The molecule has 0 radical (unpaired) electrons. The molecule has 4 heteroatoms. The molecule has 4 nitrogen and oxygen atoms in total. The highest BCUT2D eigenvalue weighted by atomic mass is 16.1. The molecule has 1 aromatic carbocycles. The van der Waals surface area contributed by atoms with Crippen LogP contribution in [-0.2, 0) is 0 Å². The number of nitrogens with two attached hydrogens (primary N) is 1. The molecule has 0 aliphatic heterocycles. The molecule has 1 amide bonds. The van der Waals surface area contributed by atoms with Crippen LogP contribution >= 0.6 is 0 Å². The lowest BCUT2D eigenvalue weighted by atomic mass is 9.80. The number of anilines is 1. The number of benzene rings is 1. The molecule has 1 aliphatic carbocycles. The molecular weight excluding hydrogens is 250 g/mol. The van der Waals surface area contributed by atoms with Gasteiger partial charge in [0.2, 0.25) is 0 Å². The van der Waals surface area contributed by atoms with Gasteiger partial charge < -0.3 is 16.0 Å². The Morgan fingerprint density at radius 3 is 2.60 bits per heavy atom. The van der Waals surface area contributed by atoms with Crippen molar-refractivity contribution in [1.82, 2.24) is 10.2 Å². The third-order valence-electron chi connectivity index (χ3n) is 4.46. The number of nitrogens with zero attached hydrogens (tertiary/aromatic N) is 1. The Balaban J connectivity index is 2.00. The van der Waals surface area contributed by atoms with Crippen molar-refractivity contribution in [2.75, 3.05) is 26.4 Å². The van der Waals surface area contributed by atoms with E-state index in [1.807, 2.05) is 6.07 Å². The van der Waals surface area contributed by atoms with Crippen molar-refractivity contribution in [2.45, 2.75) is 37.6 Å². The molecular formula is C16H25N3O. The summed E-state index contributed by atoms with van der Waals surface area (Å²) in [6.07, 6.45) is 6.09. The third-order valence-corrected chi connectivity index (χ3v) is 4.46. The number of hydrogen-bond acceptors (Lipinski definition) is 3. The van der Waals surface area contributed by atoms with E-state index in [0.29, 0.717) is 17.8 Å². The third kappa shape index (κ3) is 3.31. The zero-order valence-corrected chi connectivity index (χ0v) is 12.5. The predicted molar refractivity (Wildman–Crippen MR) is 82.7 cm³/mol. The van der Waals surface area contributed by atoms with Gasteiger partial charge in [0.1, 0.15) is 0 Å². The SMILES string of the molecule is CN(C)C1(CNC(=O)c2cccc(N)c2)CCCCC1. The Morgan fingerprint density at radius 2 is 2.00 bits per heavy atom. The molecule has 20 heavy (non-hydrogen) atoms. The summed E-state index contributed by atoms with van der Waals surface area (Å²) in [6, 6.07) is 7.12.